The third-order valence-electron chi connectivity index (χ3n) is 2.53. The zero-order chi connectivity index (χ0) is 14.9. The summed E-state index contributed by atoms with van der Waals surface area (Å²) >= 11 is 3.21. The Morgan fingerprint density at radius 2 is 2.10 bits per heavy atom. The van der Waals surface area contributed by atoms with Gasteiger partial charge in [-0.3, -0.25) is 4.72 Å². The second-order valence-electron chi connectivity index (χ2n) is 4.10. The molecule has 0 bridgehead atoms. The fourth-order valence-electron chi connectivity index (χ4n) is 1.63. The molecule has 0 amide bonds. The molecular formula is C12H11BrFN3O2S. The normalized spacial score (nSPS) is 11.3. The molecule has 0 aliphatic carbocycles. The van der Waals surface area contributed by atoms with E-state index in [0.29, 0.717) is 4.60 Å². The van der Waals surface area contributed by atoms with E-state index in [1.807, 2.05) is 0 Å². The van der Waals surface area contributed by atoms with Gasteiger partial charge in [-0.25, -0.2) is 17.8 Å². The Morgan fingerprint density at radius 3 is 2.70 bits per heavy atom. The van der Waals surface area contributed by atoms with Crippen LogP contribution < -0.4 is 10.5 Å². The second-order valence-corrected chi connectivity index (χ2v) is 6.47. The highest BCUT2D eigenvalue weighted by atomic mass is 79.9. The number of hydrogen-bond acceptors (Lipinski definition) is 4. The van der Waals surface area contributed by atoms with Crippen LogP contribution in [0.3, 0.4) is 0 Å². The largest absolute Gasteiger partial charge is 0.398 e. The molecule has 0 saturated carbocycles. The van der Waals surface area contributed by atoms with Crippen LogP contribution in [0.5, 0.6) is 0 Å². The van der Waals surface area contributed by atoms with Crippen LogP contribution in [0.1, 0.15) is 5.56 Å². The molecule has 5 nitrogen and oxygen atoms in total. The number of sulfonamides is 1. The van der Waals surface area contributed by atoms with Crippen molar-refractivity contribution in [3.8, 4) is 0 Å². The molecule has 0 fully saturated rings. The molecule has 3 N–H and O–H groups in total. The maximum atomic E-state index is 13.7. The smallest absolute Gasteiger partial charge is 0.266 e. The summed E-state index contributed by atoms with van der Waals surface area (Å²) in [5.74, 6) is -0.903. The van der Waals surface area contributed by atoms with Crippen LogP contribution in [0.2, 0.25) is 0 Å². The fourth-order valence-corrected chi connectivity index (χ4v) is 3.07. The van der Waals surface area contributed by atoms with Gasteiger partial charge in [-0.1, -0.05) is 6.07 Å². The topological polar surface area (TPSA) is 85.1 Å². The summed E-state index contributed by atoms with van der Waals surface area (Å²) in [5.41, 5.74) is 6.35. The van der Waals surface area contributed by atoms with Gasteiger partial charge in [-0.15, -0.1) is 0 Å². The van der Waals surface area contributed by atoms with Crippen LogP contribution >= 0.6 is 15.9 Å². The predicted molar refractivity (Wildman–Crippen MR) is 78.3 cm³/mol. The molecular weight excluding hydrogens is 349 g/mol. The van der Waals surface area contributed by atoms with Gasteiger partial charge < -0.3 is 5.73 Å². The van der Waals surface area contributed by atoms with Crippen molar-refractivity contribution in [3.63, 3.8) is 0 Å². The summed E-state index contributed by atoms with van der Waals surface area (Å²) < 4.78 is 40.9. The van der Waals surface area contributed by atoms with Crippen LogP contribution in [0.4, 0.5) is 15.8 Å². The van der Waals surface area contributed by atoms with Crippen molar-refractivity contribution in [2.45, 2.75) is 11.8 Å². The van der Waals surface area contributed by atoms with Gasteiger partial charge in [0.1, 0.15) is 15.3 Å². The Hall–Kier alpha value is -1.67. The van der Waals surface area contributed by atoms with E-state index in [-0.39, 0.29) is 11.4 Å². The minimum atomic E-state index is -4.11. The van der Waals surface area contributed by atoms with Gasteiger partial charge in [0.25, 0.3) is 10.0 Å². The average Bonchev–Trinajstić information content (AvgIpc) is 2.33. The molecule has 20 heavy (non-hydrogen) atoms. The molecule has 0 radical (unpaired) electrons. The first kappa shape index (κ1) is 14.7. The van der Waals surface area contributed by atoms with Crippen molar-refractivity contribution < 1.29 is 12.8 Å². The second kappa shape index (κ2) is 5.37. The van der Waals surface area contributed by atoms with Gasteiger partial charge in [-0.05, 0) is 46.6 Å². The van der Waals surface area contributed by atoms with Crippen LogP contribution in [-0.4, -0.2) is 13.4 Å². The lowest BCUT2D eigenvalue weighted by atomic mass is 10.3. The van der Waals surface area contributed by atoms with Gasteiger partial charge in [-0.2, -0.15) is 0 Å². The number of nitrogens with two attached hydrogens (primary N) is 1. The number of nitrogens with zero attached hydrogens (tertiary/aromatic N) is 1. The molecule has 0 atom stereocenters. The number of aromatic nitrogens is 1. The summed E-state index contributed by atoms with van der Waals surface area (Å²) in [6.45, 7) is 1.76. The fraction of sp³-hybridized carbons (Fsp3) is 0.0833. The quantitative estimate of drug-likeness (QED) is 0.651. The molecule has 0 saturated heterocycles. The zero-order valence-corrected chi connectivity index (χ0v) is 12.8. The van der Waals surface area contributed by atoms with E-state index in [0.717, 1.165) is 11.6 Å². The summed E-state index contributed by atoms with van der Waals surface area (Å²) in [6, 6.07) is 5.28. The van der Waals surface area contributed by atoms with Gasteiger partial charge in [0.2, 0.25) is 0 Å². The molecule has 1 aromatic heterocycles. The molecule has 1 aromatic carbocycles. The number of nitrogens with one attached hydrogen (secondary N) is 1. The highest BCUT2D eigenvalue weighted by Gasteiger charge is 2.22. The molecule has 1 heterocycles. The Balaban J connectivity index is 2.43. The van der Waals surface area contributed by atoms with Crippen molar-refractivity contribution in [1.29, 1.82) is 0 Å². The first-order valence-electron chi connectivity index (χ1n) is 5.50. The molecule has 0 aliphatic heterocycles. The lowest BCUT2D eigenvalue weighted by Gasteiger charge is -2.11. The summed E-state index contributed by atoms with van der Waals surface area (Å²) in [7, 11) is -4.11. The minimum Gasteiger partial charge on any atom is -0.398 e. The highest BCUT2D eigenvalue weighted by Crippen LogP contribution is 2.25. The number of aryl methyl sites for hydroxylation is 1. The molecule has 2 rings (SSSR count). The highest BCUT2D eigenvalue weighted by molar-refractivity contribution is 9.10. The SMILES string of the molecule is Cc1cc(NS(=O)(=O)c2c(N)cccc2F)cnc1Br. The van der Waals surface area contributed by atoms with Crippen molar-refractivity contribution in [3.05, 3.63) is 46.4 Å². The van der Waals surface area contributed by atoms with Crippen molar-refractivity contribution in [2.24, 2.45) is 0 Å². The number of nitrogen functional groups attached to an aromatic ring is 1. The molecule has 0 spiro atoms. The minimum absolute atomic E-state index is 0.153. The van der Waals surface area contributed by atoms with Crippen LogP contribution in [0, 0.1) is 12.7 Å². The molecule has 0 unspecified atom stereocenters. The van der Waals surface area contributed by atoms with Crippen molar-refractivity contribution in [2.75, 3.05) is 10.5 Å². The van der Waals surface area contributed by atoms with Crippen molar-refractivity contribution >= 4 is 37.3 Å². The van der Waals surface area contributed by atoms with Gasteiger partial charge in [0.15, 0.2) is 0 Å². The average molecular weight is 360 g/mol. The Labute approximate surface area is 124 Å². The number of benzene rings is 1. The number of pyridine rings is 1. The standard InChI is InChI=1S/C12H11BrFN3O2S/c1-7-5-8(6-16-12(7)13)17-20(18,19)11-9(14)3-2-4-10(11)15/h2-6,17H,15H2,1H3. The maximum absolute atomic E-state index is 13.7. The molecule has 2 aromatic rings. The van der Waals surface area contributed by atoms with Crippen molar-refractivity contribution in [1.82, 2.24) is 4.98 Å². The number of anilines is 2. The van der Waals surface area contributed by atoms with E-state index in [2.05, 4.69) is 25.6 Å². The summed E-state index contributed by atoms with van der Waals surface area (Å²) in [4.78, 5) is 3.40. The maximum Gasteiger partial charge on any atom is 0.266 e. The Bertz CT molecular complexity index is 745. The van der Waals surface area contributed by atoms with Gasteiger partial charge >= 0.3 is 0 Å². The van der Waals surface area contributed by atoms with Crippen LogP contribution in [0.25, 0.3) is 0 Å². The van der Waals surface area contributed by atoms with E-state index in [1.165, 1.54) is 18.3 Å². The van der Waals surface area contributed by atoms with E-state index in [1.54, 1.807) is 13.0 Å². The number of rotatable bonds is 3. The van der Waals surface area contributed by atoms with Gasteiger partial charge in [0, 0.05) is 0 Å². The van der Waals surface area contributed by atoms with Gasteiger partial charge in [0.05, 0.1) is 17.6 Å². The van der Waals surface area contributed by atoms with E-state index in [9.17, 15) is 12.8 Å². The number of hydrogen-bond donors (Lipinski definition) is 2. The first-order valence-corrected chi connectivity index (χ1v) is 7.78. The third-order valence-corrected chi connectivity index (χ3v) is 4.84. The Kier molecular flexibility index (Phi) is 3.96. The first-order chi connectivity index (χ1) is 9.31. The monoisotopic (exact) mass is 359 g/mol. The molecule has 8 heteroatoms. The number of halogens is 2. The Morgan fingerprint density at radius 1 is 1.40 bits per heavy atom. The van der Waals surface area contributed by atoms with E-state index < -0.39 is 20.7 Å². The van der Waals surface area contributed by atoms with E-state index in [4.69, 9.17) is 5.73 Å². The lowest BCUT2D eigenvalue weighted by molar-refractivity contribution is 0.572. The van der Waals surface area contributed by atoms with Crippen LogP contribution in [-0.2, 0) is 10.0 Å². The van der Waals surface area contributed by atoms with E-state index >= 15 is 0 Å². The zero-order valence-electron chi connectivity index (χ0n) is 10.4. The predicted octanol–water partition coefficient (Wildman–Crippen LogP) is 2.67. The third kappa shape index (κ3) is 2.91. The summed E-state index contributed by atoms with van der Waals surface area (Å²) in [5, 5.41) is 0. The molecule has 106 valence electrons. The lowest BCUT2D eigenvalue weighted by Crippen LogP contribution is -2.16. The summed E-state index contributed by atoms with van der Waals surface area (Å²) in [6.07, 6.45) is 1.33. The van der Waals surface area contributed by atoms with Crippen LogP contribution in [0.15, 0.2) is 40.0 Å². The molecule has 0 aliphatic rings.